The average Bonchev–Trinajstić information content (AvgIpc) is 2.65. The number of hydrogen-bond acceptors (Lipinski definition) is 5. The van der Waals surface area contributed by atoms with E-state index in [1.165, 1.54) is 7.05 Å². The third kappa shape index (κ3) is 1.87. The van der Waals surface area contributed by atoms with Gasteiger partial charge in [-0.05, 0) is 12.1 Å². The van der Waals surface area contributed by atoms with E-state index in [9.17, 15) is 14.4 Å². The molecule has 1 aromatic rings. The highest BCUT2D eigenvalue weighted by Crippen LogP contribution is 2.31. The number of carbonyl (C=O) groups is 3. The molecule has 1 saturated heterocycles. The molecule has 1 atom stereocenters. The van der Waals surface area contributed by atoms with Crippen molar-refractivity contribution in [2.75, 3.05) is 20.2 Å². The Bertz CT molecular complexity index is 600. The fraction of sp³-hybridized carbons (Fsp3) is 0.308. The van der Waals surface area contributed by atoms with Gasteiger partial charge in [-0.15, -0.1) is 0 Å². The monoisotopic (exact) mass is 276 g/mol. The van der Waals surface area contributed by atoms with Gasteiger partial charge >= 0.3 is 17.8 Å². The summed E-state index contributed by atoms with van der Waals surface area (Å²) in [4.78, 5) is 36.5. The number of rotatable bonds is 2. The molecule has 7 heteroatoms. The second-order valence-electron chi connectivity index (χ2n) is 4.56. The van der Waals surface area contributed by atoms with Crippen LogP contribution in [0, 0.1) is 0 Å². The van der Waals surface area contributed by atoms with E-state index in [1.807, 2.05) is 6.07 Å². The van der Waals surface area contributed by atoms with Crippen molar-refractivity contribution in [3.63, 3.8) is 0 Å². The first-order valence-electron chi connectivity index (χ1n) is 6.10. The summed E-state index contributed by atoms with van der Waals surface area (Å²) in [6, 6.07) is 6.50. The SMILES string of the molecule is CN1C(=O)C(=O)N(C[C@H]2COc3ccccc3O2)C1=O. The number of fused-ring (bicyclic) bond motifs is 1. The fourth-order valence-corrected chi connectivity index (χ4v) is 2.13. The normalized spacial score (nSPS) is 21.6. The van der Waals surface area contributed by atoms with E-state index in [2.05, 4.69) is 0 Å². The molecule has 0 bridgehead atoms. The molecular formula is C13H12N2O5. The zero-order valence-electron chi connectivity index (χ0n) is 10.7. The number of carbonyl (C=O) groups excluding carboxylic acids is 3. The molecule has 1 aromatic carbocycles. The van der Waals surface area contributed by atoms with Crippen molar-refractivity contribution in [3.8, 4) is 11.5 Å². The first-order valence-corrected chi connectivity index (χ1v) is 6.10. The Morgan fingerprint density at radius 1 is 1.15 bits per heavy atom. The largest absolute Gasteiger partial charge is 0.486 e. The highest BCUT2D eigenvalue weighted by molar-refractivity contribution is 6.44. The van der Waals surface area contributed by atoms with Gasteiger partial charge in [-0.1, -0.05) is 12.1 Å². The molecule has 0 aliphatic carbocycles. The number of urea groups is 1. The van der Waals surface area contributed by atoms with Crippen LogP contribution < -0.4 is 9.47 Å². The topological polar surface area (TPSA) is 76.2 Å². The maximum atomic E-state index is 11.8. The Balaban J connectivity index is 1.73. The van der Waals surface area contributed by atoms with E-state index in [0.717, 1.165) is 9.80 Å². The molecule has 0 spiro atoms. The number of ether oxygens (including phenoxy) is 2. The summed E-state index contributed by atoms with van der Waals surface area (Å²) in [7, 11) is 1.27. The highest BCUT2D eigenvalue weighted by atomic mass is 16.6. The summed E-state index contributed by atoms with van der Waals surface area (Å²) >= 11 is 0. The lowest BCUT2D eigenvalue weighted by atomic mass is 10.2. The van der Waals surface area contributed by atoms with Crippen LogP contribution in [0.1, 0.15) is 0 Å². The van der Waals surface area contributed by atoms with E-state index >= 15 is 0 Å². The molecule has 0 N–H and O–H groups in total. The molecule has 104 valence electrons. The van der Waals surface area contributed by atoms with Crippen LogP contribution in [0.2, 0.25) is 0 Å². The minimum absolute atomic E-state index is 0.0118. The lowest BCUT2D eigenvalue weighted by Crippen LogP contribution is -2.44. The number of amides is 4. The molecule has 4 amide bonds. The molecule has 0 unspecified atom stereocenters. The van der Waals surface area contributed by atoms with Crippen LogP contribution in [0.5, 0.6) is 11.5 Å². The van der Waals surface area contributed by atoms with E-state index in [1.54, 1.807) is 18.2 Å². The lowest BCUT2D eigenvalue weighted by molar-refractivity contribution is -0.143. The summed E-state index contributed by atoms with van der Waals surface area (Å²) < 4.78 is 11.2. The number of hydrogen-bond donors (Lipinski definition) is 0. The van der Waals surface area contributed by atoms with Gasteiger partial charge in [0.15, 0.2) is 17.6 Å². The van der Waals surface area contributed by atoms with Gasteiger partial charge in [0, 0.05) is 7.05 Å². The van der Waals surface area contributed by atoms with Crippen molar-refractivity contribution in [2.24, 2.45) is 0 Å². The predicted molar refractivity (Wildman–Crippen MR) is 66.2 cm³/mol. The fourth-order valence-electron chi connectivity index (χ4n) is 2.13. The molecule has 2 aliphatic heterocycles. The first kappa shape index (κ1) is 12.5. The zero-order valence-corrected chi connectivity index (χ0v) is 10.7. The second-order valence-corrected chi connectivity index (χ2v) is 4.56. The van der Waals surface area contributed by atoms with E-state index < -0.39 is 23.9 Å². The van der Waals surface area contributed by atoms with Gasteiger partial charge in [0.2, 0.25) is 0 Å². The Morgan fingerprint density at radius 2 is 1.85 bits per heavy atom. The predicted octanol–water partition coefficient (Wildman–Crippen LogP) is 0.247. The van der Waals surface area contributed by atoms with Crippen molar-refractivity contribution in [3.05, 3.63) is 24.3 Å². The molecule has 3 rings (SSSR count). The molecule has 2 aliphatic rings. The van der Waals surface area contributed by atoms with Crippen LogP contribution in [0.25, 0.3) is 0 Å². The quantitative estimate of drug-likeness (QED) is 0.571. The van der Waals surface area contributed by atoms with Gasteiger partial charge in [-0.2, -0.15) is 0 Å². The van der Waals surface area contributed by atoms with Gasteiger partial charge in [-0.25, -0.2) is 4.79 Å². The summed E-state index contributed by atoms with van der Waals surface area (Å²) in [5.41, 5.74) is 0. The van der Waals surface area contributed by atoms with E-state index in [0.29, 0.717) is 11.5 Å². The Labute approximate surface area is 114 Å². The smallest absolute Gasteiger partial charge is 0.334 e. The average molecular weight is 276 g/mol. The van der Waals surface area contributed by atoms with Crippen molar-refractivity contribution in [1.82, 2.24) is 9.80 Å². The molecule has 0 radical (unpaired) electrons. The highest BCUT2D eigenvalue weighted by Gasteiger charge is 2.43. The molecular weight excluding hydrogens is 264 g/mol. The van der Waals surface area contributed by atoms with E-state index in [4.69, 9.17) is 9.47 Å². The molecule has 7 nitrogen and oxygen atoms in total. The number of imide groups is 2. The van der Waals surface area contributed by atoms with E-state index in [-0.39, 0.29) is 13.2 Å². The third-order valence-corrected chi connectivity index (χ3v) is 3.20. The lowest BCUT2D eigenvalue weighted by Gasteiger charge is -2.28. The number of benzene rings is 1. The third-order valence-electron chi connectivity index (χ3n) is 3.20. The number of nitrogens with zero attached hydrogens (tertiary/aromatic N) is 2. The zero-order chi connectivity index (χ0) is 14.3. The molecule has 1 fully saturated rings. The summed E-state index contributed by atoms with van der Waals surface area (Å²) in [6.45, 7) is 0.202. The van der Waals surface area contributed by atoms with Crippen LogP contribution in [0.4, 0.5) is 4.79 Å². The van der Waals surface area contributed by atoms with Crippen LogP contribution in [-0.4, -0.2) is 53.9 Å². The molecule has 0 saturated carbocycles. The van der Waals surface area contributed by atoms with Gasteiger partial charge in [0.05, 0.1) is 6.54 Å². The summed E-state index contributed by atoms with van der Waals surface area (Å²) in [5, 5.41) is 0. The van der Waals surface area contributed by atoms with Crippen LogP contribution in [0.3, 0.4) is 0 Å². The maximum absolute atomic E-state index is 11.8. The van der Waals surface area contributed by atoms with Crippen LogP contribution in [0.15, 0.2) is 24.3 Å². The molecule has 0 aromatic heterocycles. The Kier molecular flexibility index (Phi) is 2.81. The summed E-state index contributed by atoms with van der Waals surface area (Å²) in [5.74, 6) is -0.481. The van der Waals surface area contributed by atoms with Crippen LogP contribution >= 0.6 is 0 Å². The van der Waals surface area contributed by atoms with Crippen molar-refractivity contribution >= 4 is 17.8 Å². The Hall–Kier alpha value is -2.57. The van der Waals surface area contributed by atoms with Gasteiger partial charge in [0.25, 0.3) is 0 Å². The minimum atomic E-state index is -0.833. The van der Waals surface area contributed by atoms with Gasteiger partial charge < -0.3 is 9.47 Å². The Morgan fingerprint density at radius 3 is 2.50 bits per heavy atom. The first-order chi connectivity index (χ1) is 9.58. The number of likely N-dealkylation sites (N-methyl/N-ethyl adjacent to an activating group) is 1. The van der Waals surface area contributed by atoms with Crippen molar-refractivity contribution in [2.45, 2.75) is 6.10 Å². The summed E-state index contributed by atoms with van der Waals surface area (Å²) in [6.07, 6.45) is -0.489. The second kappa shape index (κ2) is 4.52. The molecule has 2 heterocycles. The number of para-hydroxylation sites is 2. The van der Waals surface area contributed by atoms with Crippen molar-refractivity contribution < 1.29 is 23.9 Å². The molecule has 20 heavy (non-hydrogen) atoms. The van der Waals surface area contributed by atoms with Crippen LogP contribution in [-0.2, 0) is 9.59 Å². The van der Waals surface area contributed by atoms with Gasteiger partial charge in [-0.3, -0.25) is 19.4 Å². The maximum Gasteiger partial charge on any atom is 0.334 e. The minimum Gasteiger partial charge on any atom is -0.486 e. The van der Waals surface area contributed by atoms with Crippen molar-refractivity contribution in [1.29, 1.82) is 0 Å². The van der Waals surface area contributed by atoms with Gasteiger partial charge in [0.1, 0.15) is 6.61 Å². The standard InChI is InChI=1S/C13H12N2O5/c1-14-11(16)12(17)15(13(14)18)6-8-7-19-9-4-2-3-5-10(9)20-8/h2-5,8H,6-7H2,1H3/t8-/m0/s1.